The maximum Gasteiger partial charge on any atom is 0.417 e. The molecule has 3 fully saturated rings. The molecule has 8 nitrogen and oxygen atoms in total. The molecule has 0 unspecified atom stereocenters. The summed E-state index contributed by atoms with van der Waals surface area (Å²) in [6.45, 7) is -0.451. The molecule has 15 heteroatoms. The van der Waals surface area contributed by atoms with Crippen LogP contribution in [-0.4, -0.2) is 66.2 Å². The van der Waals surface area contributed by atoms with Crippen LogP contribution in [-0.2, 0) is 21.0 Å². The highest BCUT2D eigenvalue weighted by Gasteiger charge is 2.64. The maximum absolute atomic E-state index is 13.3. The first-order chi connectivity index (χ1) is 14.7. The van der Waals surface area contributed by atoms with Gasteiger partial charge in [-0.25, -0.2) is 18.1 Å². The predicted octanol–water partition coefficient (Wildman–Crippen LogP) is 2.06. The molecule has 3 aliphatic rings. The Morgan fingerprint density at radius 1 is 1.12 bits per heavy atom. The Kier molecular flexibility index (Phi) is 4.76. The lowest BCUT2D eigenvalue weighted by Crippen LogP contribution is -2.55. The van der Waals surface area contributed by atoms with E-state index in [-0.39, 0.29) is 6.42 Å². The summed E-state index contributed by atoms with van der Waals surface area (Å²) in [5.41, 5.74) is -2.59. The number of nitrogens with zero attached hydrogens (tertiary/aromatic N) is 4. The van der Waals surface area contributed by atoms with Crippen LogP contribution in [0.2, 0.25) is 0 Å². The maximum atomic E-state index is 13.3. The number of anilines is 1. The highest BCUT2D eigenvalue weighted by Crippen LogP contribution is 2.44. The summed E-state index contributed by atoms with van der Waals surface area (Å²) in [7, 11) is -4.83. The van der Waals surface area contributed by atoms with Crippen LogP contribution in [0.3, 0.4) is 0 Å². The normalized spacial score (nSPS) is 26.1. The highest BCUT2D eigenvalue weighted by molar-refractivity contribution is 7.89. The number of rotatable bonds is 3. The Balaban J connectivity index is 1.68. The molecule has 172 valence electrons. The number of halogens is 6. The van der Waals surface area contributed by atoms with Gasteiger partial charge in [0.1, 0.15) is 6.04 Å². The fourth-order valence-corrected chi connectivity index (χ4v) is 6.06. The van der Waals surface area contributed by atoms with Crippen molar-refractivity contribution in [3.05, 3.63) is 29.3 Å². The number of nitriles is 1. The third kappa shape index (κ3) is 3.37. The van der Waals surface area contributed by atoms with Gasteiger partial charge in [-0.15, -0.1) is 0 Å². The number of alkyl halides is 6. The molecule has 0 aromatic heterocycles. The fourth-order valence-electron chi connectivity index (χ4n) is 4.47. The monoisotopic (exact) mass is 482 g/mol. The number of fused-ring (bicyclic) bond motifs is 5. The number of carbonyl (C=O) groups is 2. The van der Waals surface area contributed by atoms with E-state index in [2.05, 4.69) is 0 Å². The Hall–Kier alpha value is -2.86. The van der Waals surface area contributed by atoms with Crippen molar-refractivity contribution in [3.63, 3.8) is 0 Å². The Bertz CT molecular complexity index is 1160. The number of hydrogen-bond acceptors (Lipinski definition) is 5. The van der Waals surface area contributed by atoms with Gasteiger partial charge in [-0.3, -0.25) is 4.79 Å². The predicted molar refractivity (Wildman–Crippen MR) is 93.4 cm³/mol. The average Bonchev–Trinajstić information content (AvgIpc) is 3.30. The van der Waals surface area contributed by atoms with Crippen molar-refractivity contribution < 1.29 is 44.3 Å². The number of benzene rings is 1. The second-order valence-corrected chi connectivity index (χ2v) is 9.47. The Morgan fingerprint density at radius 2 is 1.78 bits per heavy atom. The van der Waals surface area contributed by atoms with E-state index >= 15 is 0 Å². The number of hydrogen-bond donors (Lipinski definition) is 0. The minimum Gasteiger partial charge on any atom is -0.306 e. The zero-order chi connectivity index (χ0) is 23.8. The topological polar surface area (TPSA) is 102 Å². The van der Waals surface area contributed by atoms with Crippen LogP contribution in [0.25, 0.3) is 0 Å². The fraction of sp³-hybridized carbons (Fsp3) is 0.471. The Morgan fingerprint density at radius 3 is 2.34 bits per heavy atom. The van der Waals surface area contributed by atoms with Crippen molar-refractivity contribution in [3.8, 4) is 6.07 Å². The van der Waals surface area contributed by atoms with E-state index in [0.717, 1.165) is 17.0 Å². The molecule has 0 saturated carbocycles. The number of amides is 3. The average molecular weight is 482 g/mol. The first-order valence-electron chi connectivity index (χ1n) is 8.99. The van der Waals surface area contributed by atoms with Crippen LogP contribution in [0.15, 0.2) is 18.2 Å². The van der Waals surface area contributed by atoms with E-state index < -0.39 is 81.6 Å². The van der Waals surface area contributed by atoms with Crippen molar-refractivity contribution in [1.82, 2.24) is 9.21 Å². The summed E-state index contributed by atoms with van der Waals surface area (Å²) >= 11 is 0. The molecule has 0 aliphatic carbocycles. The minimum atomic E-state index is -5.02. The van der Waals surface area contributed by atoms with Crippen molar-refractivity contribution >= 4 is 27.6 Å². The first kappa shape index (κ1) is 22.3. The molecule has 3 atom stereocenters. The number of piperazine rings is 1. The van der Waals surface area contributed by atoms with Crippen molar-refractivity contribution in [2.75, 3.05) is 17.2 Å². The van der Waals surface area contributed by atoms with Crippen LogP contribution in [0, 0.1) is 11.3 Å². The van der Waals surface area contributed by atoms with E-state index in [1.165, 1.54) is 6.07 Å². The van der Waals surface area contributed by atoms with Crippen LogP contribution in [0.5, 0.6) is 0 Å². The van der Waals surface area contributed by atoms with Gasteiger partial charge in [0, 0.05) is 12.6 Å². The van der Waals surface area contributed by atoms with Crippen LogP contribution >= 0.6 is 0 Å². The lowest BCUT2D eigenvalue weighted by molar-refractivity contribution is -0.137. The third-order valence-corrected chi connectivity index (χ3v) is 7.43. The van der Waals surface area contributed by atoms with Crippen molar-refractivity contribution in [2.24, 2.45) is 0 Å². The zero-order valence-electron chi connectivity index (χ0n) is 15.7. The van der Waals surface area contributed by atoms with Gasteiger partial charge in [0.2, 0.25) is 10.0 Å². The minimum absolute atomic E-state index is 0.0613. The van der Waals surface area contributed by atoms with Gasteiger partial charge in [0.05, 0.1) is 28.9 Å². The summed E-state index contributed by atoms with van der Waals surface area (Å²) in [5.74, 6) is -3.18. The van der Waals surface area contributed by atoms with E-state index in [1.807, 2.05) is 0 Å². The quantitative estimate of drug-likeness (QED) is 0.485. The van der Waals surface area contributed by atoms with Gasteiger partial charge in [0.15, 0.2) is 5.75 Å². The van der Waals surface area contributed by atoms with Crippen LogP contribution < -0.4 is 4.90 Å². The SMILES string of the molecule is N#Cc1ccc(N2C(=O)[C@H]3[C@@H]4C[C@@H](CN4S(=O)(=O)CC(F)(F)F)N3C2=O)cc1C(F)(F)F. The largest absolute Gasteiger partial charge is 0.417 e. The van der Waals surface area contributed by atoms with Gasteiger partial charge in [0.25, 0.3) is 5.91 Å². The molecule has 3 amide bonds. The number of carbonyl (C=O) groups excluding carboxylic acids is 2. The van der Waals surface area contributed by atoms with E-state index in [9.17, 15) is 44.3 Å². The Labute approximate surface area is 176 Å². The van der Waals surface area contributed by atoms with Gasteiger partial charge in [-0.05, 0) is 24.6 Å². The molecule has 3 aliphatic heterocycles. The summed E-state index contributed by atoms with van der Waals surface area (Å²) < 4.78 is 103. The van der Waals surface area contributed by atoms with Crippen LogP contribution in [0.1, 0.15) is 17.5 Å². The smallest absolute Gasteiger partial charge is 0.306 e. The molecule has 2 bridgehead atoms. The molecular formula is C17H12F6N4O4S. The van der Waals surface area contributed by atoms with Gasteiger partial charge in [-0.1, -0.05) is 0 Å². The van der Waals surface area contributed by atoms with E-state index in [4.69, 9.17) is 5.26 Å². The summed E-state index contributed by atoms with van der Waals surface area (Å²) in [5, 5.41) is 8.89. The number of imide groups is 1. The standard InChI is InChI=1S/C17H12F6N4O4S/c18-16(19,20)7-32(30,31)25-6-10-4-12(25)13-14(28)27(15(29)26(10)13)9-2-1-8(5-24)11(3-9)17(21,22)23/h1-3,10,12-13H,4,6-7H2/t10-,12-,13+/m0/s1. The van der Waals surface area contributed by atoms with Gasteiger partial charge in [-0.2, -0.15) is 35.9 Å². The molecule has 3 saturated heterocycles. The van der Waals surface area contributed by atoms with Crippen molar-refractivity contribution in [2.45, 2.75) is 36.9 Å². The van der Waals surface area contributed by atoms with Gasteiger partial charge < -0.3 is 4.90 Å². The van der Waals surface area contributed by atoms with Gasteiger partial charge >= 0.3 is 18.4 Å². The lowest BCUT2D eigenvalue weighted by Gasteiger charge is -2.34. The van der Waals surface area contributed by atoms with Crippen LogP contribution in [0.4, 0.5) is 36.8 Å². The molecule has 1 aromatic carbocycles. The summed E-state index contributed by atoms with van der Waals surface area (Å²) in [6.07, 6.45) is -10.0. The molecule has 3 heterocycles. The van der Waals surface area contributed by atoms with E-state index in [0.29, 0.717) is 15.3 Å². The molecular weight excluding hydrogens is 470 g/mol. The molecule has 0 radical (unpaired) electrons. The second-order valence-electron chi connectivity index (χ2n) is 7.55. The van der Waals surface area contributed by atoms with Crippen molar-refractivity contribution in [1.29, 1.82) is 5.26 Å². The molecule has 1 aromatic rings. The zero-order valence-corrected chi connectivity index (χ0v) is 16.5. The number of sulfonamides is 1. The highest BCUT2D eigenvalue weighted by atomic mass is 32.2. The number of urea groups is 1. The summed E-state index contributed by atoms with van der Waals surface area (Å²) in [4.78, 5) is 27.2. The van der Waals surface area contributed by atoms with E-state index in [1.54, 1.807) is 0 Å². The first-order valence-corrected chi connectivity index (χ1v) is 10.6. The third-order valence-electron chi connectivity index (χ3n) is 5.61. The second kappa shape index (κ2) is 6.82. The molecule has 4 rings (SSSR count). The summed E-state index contributed by atoms with van der Waals surface area (Å²) in [6, 6.07) is -1.03. The molecule has 0 spiro atoms. The lowest BCUT2D eigenvalue weighted by atomic mass is 10.1. The molecule has 32 heavy (non-hydrogen) atoms. The molecule has 0 N–H and O–H groups in total.